The first kappa shape index (κ1) is 74.1. The van der Waals surface area contributed by atoms with Gasteiger partial charge < -0.3 is 88.3 Å². The fourth-order valence-corrected chi connectivity index (χ4v) is 13.4. The molecule has 2 bridgehead atoms. The number of ether oxygens (including phenoxy) is 3. The van der Waals surface area contributed by atoms with Gasteiger partial charge in [-0.15, -0.1) is 5.10 Å². The summed E-state index contributed by atoms with van der Waals surface area (Å²) in [5.41, 5.74) is 8.99. The van der Waals surface area contributed by atoms with Gasteiger partial charge in [0.1, 0.15) is 54.4 Å². The molecule has 2 aromatic heterocycles. The summed E-state index contributed by atoms with van der Waals surface area (Å²) < 4.78 is 18.4. The Balaban J connectivity index is 0.888. The Labute approximate surface area is 581 Å². The summed E-state index contributed by atoms with van der Waals surface area (Å²) in [5, 5.41) is 57.8. The average molecular weight is 1400 g/mol. The number of aromatic hydroxyl groups is 2. The zero-order valence-corrected chi connectivity index (χ0v) is 56.1. The first-order valence-electron chi connectivity index (χ1n) is 33.5. The zero-order valence-electron chi connectivity index (χ0n) is 55.3. The fourth-order valence-electron chi connectivity index (χ4n) is 11.9. The maximum atomic E-state index is 15.2. The number of thioether (sulfide) groups is 1. The number of aromatic amines is 1. The smallest absolute Gasteiger partial charge is 0.315 e. The van der Waals surface area contributed by atoms with Crippen molar-refractivity contribution in [3.63, 3.8) is 0 Å². The molecule has 2 saturated heterocycles. The van der Waals surface area contributed by atoms with Crippen LogP contribution in [0.1, 0.15) is 72.9 Å². The van der Waals surface area contributed by atoms with Gasteiger partial charge in [-0.3, -0.25) is 47.8 Å². The van der Waals surface area contributed by atoms with Crippen molar-refractivity contribution < 1.29 is 72.4 Å². The van der Waals surface area contributed by atoms with E-state index in [1.54, 1.807) is 48.8 Å². The third-order valence-electron chi connectivity index (χ3n) is 17.2. The van der Waals surface area contributed by atoms with Crippen molar-refractivity contribution in [2.24, 2.45) is 5.73 Å². The van der Waals surface area contributed by atoms with E-state index >= 15 is 4.79 Å². The summed E-state index contributed by atoms with van der Waals surface area (Å²) in [6.07, 6.45) is 6.17. The monoisotopic (exact) mass is 1400 g/mol. The third kappa shape index (κ3) is 23.3. The summed E-state index contributed by atoms with van der Waals surface area (Å²) >= 11 is 1.85. The lowest BCUT2D eigenvalue weighted by Crippen LogP contribution is -2.60. The van der Waals surface area contributed by atoms with Crippen molar-refractivity contribution in [1.29, 1.82) is 0 Å². The number of H-pyrrole nitrogens is 1. The number of hydrogen-bond donors (Lipinski definition) is 14. The molecule has 3 aliphatic rings. The van der Waals surface area contributed by atoms with Crippen LogP contribution in [0.15, 0.2) is 116 Å². The van der Waals surface area contributed by atoms with E-state index in [2.05, 4.69) is 68.5 Å². The first-order chi connectivity index (χ1) is 48.4. The number of amides is 11. The van der Waals surface area contributed by atoms with Crippen molar-refractivity contribution in [2.75, 3.05) is 58.5 Å². The molecular formula is C69H87N15O15S. The van der Waals surface area contributed by atoms with E-state index < -0.39 is 96.7 Å². The van der Waals surface area contributed by atoms with Crippen LogP contribution in [0.25, 0.3) is 10.9 Å². The van der Waals surface area contributed by atoms with Crippen LogP contribution in [-0.2, 0) is 96.0 Å². The number of nitrogens with two attached hydrogens (primary N) is 1. The normalized spacial score (nSPS) is 22.1. The molecule has 6 aromatic rings. The van der Waals surface area contributed by atoms with E-state index in [1.165, 1.54) is 53.2 Å². The highest BCUT2D eigenvalue weighted by molar-refractivity contribution is 8.00. The lowest BCUT2D eigenvalue weighted by atomic mass is 10.00. The number of phenols is 2. The Kier molecular flexibility index (Phi) is 28.0. The van der Waals surface area contributed by atoms with Crippen LogP contribution in [0.3, 0.4) is 0 Å². The van der Waals surface area contributed by atoms with Gasteiger partial charge >= 0.3 is 6.03 Å². The summed E-state index contributed by atoms with van der Waals surface area (Å²) in [6, 6.07) is 19.6. The van der Waals surface area contributed by atoms with E-state index in [1.807, 2.05) is 30.0 Å². The molecule has 0 radical (unpaired) electrons. The van der Waals surface area contributed by atoms with Crippen LogP contribution in [0, 0.1) is 0 Å². The van der Waals surface area contributed by atoms with Gasteiger partial charge in [0.05, 0.1) is 57.4 Å². The van der Waals surface area contributed by atoms with Gasteiger partial charge in [0.15, 0.2) is 0 Å². The quantitative estimate of drug-likeness (QED) is 0.0256. The van der Waals surface area contributed by atoms with E-state index in [9.17, 15) is 53.4 Å². The number of nitrogens with one attached hydrogen (secondary N) is 11. The Hall–Kier alpha value is -10.1. The number of hydrogen-bond acceptors (Lipinski definition) is 18. The second-order valence-corrected chi connectivity index (χ2v) is 26.0. The van der Waals surface area contributed by atoms with Crippen molar-refractivity contribution in [1.82, 2.24) is 73.1 Å². The molecule has 0 spiro atoms. The molecule has 11 amide bonds. The van der Waals surface area contributed by atoms with Gasteiger partial charge in [-0.2, -0.15) is 11.8 Å². The van der Waals surface area contributed by atoms with Crippen molar-refractivity contribution in [3.8, 4) is 11.5 Å². The van der Waals surface area contributed by atoms with Gasteiger partial charge in [0.2, 0.25) is 53.2 Å². The van der Waals surface area contributed by atoms with E-state index in [4.69, 9.17) is 19.9 Å². The lowest BCUT2D eigenvalue weighted by Gasteiger charge is -2.27. The Morgan fingerprint density at radius 1 is 0.630 bits per heavy atom. The maximum Gasteiger partial charge on any atom is 0.315 e. The molecule has 0 saturated carbocycles. The number of rotatable bonds is 26. The molecule has 2 fully saturated rings. The summed E-state index contributed by atoms with van der Waals surface area (Å²) in [6.45, 7) is 0.123. The molecule has 0 aliphatic carbocycles. The highest BCUT2D eigenvalue weighted by atomic mass is 32.2. The number of carbonyl (C=O) groups is 10. The van der Waals surface area contributed by atoms with Crippen molar-refractivity contribution >= 4 is 81.9 Å². The molecule has 31 heteroatoms. The summed E-state index contributed by atoms with van der Waals surface area (Å²) in [4.78, 5) is 141. The molecule has 100 heavy (non-hydrogen) atoms. The van der Waals surface area contributed by atoms with E-state index in [-0.39, 0.29) is 119 Å². The first-order valence-corrected chi connectivity index (χ1v) is 34.5. The Morgan fingerprint density at radius 3 is 1.94 bits per heavy atom. The SMILES string of the molecule is NC(=O)[C@@H]1CCCCn2cc(nn2)C[C@H](NC(=O)COCCOCCOCCNC(=O)CCCC[C@H]2SC[C@H]3NC(=O)N[C@H]32)C(=O)N[C@H](Cc2c[nH]c3ccccc23)C(=O)N[C@H](Cc2ccc(O)cc2)C(=O)N[C@H](Cc2ccc(O)cc2)C(=O)NCC(=O)N[C@H](Cc2ccccc2)C(=O)N1. The highest BCUT2D eigenvalue weighted by Crippen LogP contribution is 2.33. The number of para-hydroxylation sites is 1. The van der Waals surface area contributed by atoms with Crippen LogP contribution in [0.5, 0.6) is 11.5 Å². The molecule has 9 atom stereocenters. The number of aryl methyl sites for hydroxylation is 1. The van der Waals surface area contributed by atoms with Crippen LogP contribution in [0.4, 0.5) is 4.79 Å². The van der Waals surface area contributed by atoms with Crippen LogP contribution < -0.4 is 58.9 Å². The van der Waals surface area contributed by atoms with E-state index in [0.717, 1.165) is 35.9 Å². The van der Waals surface area contributed by atoms with Gasteiger partial charge in [-0.25, -0.2) is 4.79 Å². The van der Waals surface area contributed by atoms with Gasteiger partial charge in [-0.05, 0) is 84.7 Å². The number of carbonyl (C=O) groups excluding carboxylic acids is 10. The summed E-state index contributed by atoms with van der Waals surface area (Å²) in [7, 11) is 0. The second kappa shape index (κ2) is 37.7. The number of phenolic OH excluding ortho intramolecular Hbond substituents is 2. The molecule has 15 N–H and O–H groups in total. The van der Waals surface area contributed by atoms with Crippen LogP contribution in [0.2, 0.25) is 0 Å². The molecule has 4 aromatic carbocycles. The standard InChI is InChI=1S/C69H87N15O15S/c70-63(90)51-14-8-9-26-84-39-46(82-83-84)36-56(75-61(89)40-99-31-30-98-29-28-97-27-25-71-59(87)16-7-6-15-58-62-57(41-100-58)80-69(96)81-62)68(95)79-55(35-45-37-72-50-13-5-4-12-49(45)50)67(94)78-54(34-44-19-23-48(86)24-20-44)66(93)77-52(33-43-17-21-47(85)22-18-43)64(91)73-38-60(88)74-53(65(92)76-51)32-42-10-2-1-3-11-42/h1-5,10-13,17-24,37,39,51-58,62,72,85-86H,6-9,14-16,25-36,38,40-41H2,(H2,70,90)(H,71,87)(H,73,91)(H,74,88)(H,75,89)(H,76,92)(H,77,93)(H,78,94)(H,79,95)(H2,80,81,96)/t51-,52+,53+,54+,55+,56-,57+,58+,62+/m0/s1. The van der Waals surface area contributed by atoms with Gasteiger partial charge in [0, 0.05) is 85.9 Å². The van der Waals surface area contributed by atoms with Crippen molar-refractivity contribution in [2.45, 2.75) is 137 Å². The number of unbranched alkanes of at least 4 members (excludes halogenated alkanes) is 1. The number of aromatic nitrogens is 4. The summed E-state index contributed by atoms with van der Waals surface area (Å²) in [5.74, 6) is -5.85. The second-order valence-electron chi connectivity index (χ2n) is 24.8. The Bertz CT molecular complexity index is 3750. The lowest BCUT2D eigenvalue weighted by molar-refractivity contribution is -0.135. The minimum atomic E-state index is -1.50. The number of nitrogens with zero attached hydrogens (tertiary/aromatic N) is 3. The zero-order chi connectivity index (χ0) is 70.8. The van der Waals surface area contributed by atoms with Crippen LogP contribution >= 0.6 is 11.8 Å². The number of urea groups is 1. The van der Waals surface area contributed by atoms with Gasteiger partial charge in [-0.1, -0.05) is 84.4 Å². The molecule has 30 nitrogen and oxygen atoms in total. The van der Waals surface area contributed by atoms with E-state index in [0.29, 0.717) is 53.3 Å². The fraction of sp³-hybridized carbons (Fsp3) is 0.449. The third-order valence-corrected chi connectivity index (χ3v) is 18.7. The molecule has 9 rings (SSSR count). The largest absolute Gasteiger partial charge is 0.508 e. The Morgan fingerprint density at radius 2 is 1.24 bits per heavy atom. The molecule has 534 valence electrons. The minimum absolute atomic E-state index is 0.0195. The topological polar surface area (TPSA) is 432 Å². The number of fused-ring (bicyclic) bond motifs is 4. The average Bonchev–Trinajstić information content (AvgIpc) is 1.68. The predicted octanol–water partition coefficient (Wildman–Crippen LogP) is 0.270. The van der Waals surface area contributed by atoms with Gasteiger partial charge in [0.25, 0.3) is 0 Å². The van der Waals surface area contributed by atoms with Crippen LogP contribution in [-0.4, -0.2) is 201 Å². The number of benzene rings is 4. The predicted molar refractivity (Wildman–Crippen MR) is 367 cm³/mol. The van der Waals surface area contributed by atoms with Crippen molar-refractivity contribution in [3.05, 3.63) is 143 Å². The molecular weight excluding hydrogens is 1310 g/mol. The number of primary amides is 1. The molecule has 0 unspecified atom stereocenters. The highest BCUT2D eigenvalue weighted by Gasteiger charge is 2.43. The minimum Gasteiger partial charge on any atom is -0.508 e. The molecule has 3 aliphatic heterocycles. The molecule has 5 heterocycles. The maximum absolute atomic E-state index is 15.2.